The maximum absolute atomic E-state index is 12.6. The number of amides is 1. The fourth-order valence-electron chi connectivity index (χ4n) is 4.01. The summed E-state index contributed by atoms with van der Waals surface area (Å²) in [6.07, 6.45) is 7.62. The zero-order valence-corrected chi connectivity index (χ0v) is 14.1. The lowest BCUT2D eigenvalue weighted by molar-refractivity contribution is -0.132. The zero-order valence-electron chi connectivity index (χ0n) is 13.3. The standard InChI is InChI=1S/C17H24N2O3S/c18-23(21,22)15-9-7-13(8-10-15)12-17(20)19-11-3-6-16(19)14-4-1-2-5-14/h7-10,14,16H,1-6,11-12H2,(H2,18,21,22). The van der Waals surface area contributed by atoms with E-state index in [0.29, 0.717) is 18.4 Å². The van der Waals surface area contributed by atoms with Crippen molar-refractivity contribution in [2.24, 2.45) is 11.1 Å². The summed E-state index contributed by atoms with van der Waals surface area (Å²) in [5.41, 5.74) is 0.833. The summed E-state index contributed by atoms with van der Waals surface area (Å²) >= 11 is 0. The van der Waals surface area contributed by atoms with Gasteiger partial charge in [-0.3, -0.25) is 4.79 Å². The van der Waals surface area contributed by atoms with E-state index >= 15 is 0 Å². The van der Waals surface area contributed by atoms with Gasteiger partial charge < -0.3 is 4.90 Å². The van der Waals surface area contributed by atoms with Gasteiger partial charge in [-0.2, -0.15) is 0 Å². The molecule has 23 heavy (non-hydrogen) atoms. The van der Waals surface area contributed by atoms with Crippen LogP contribution in [-0.4, -0.2) is 31.8 Å². The number of carbonyl (C=O) groups excluding carboxylic acids is 1. The molecule has 5 nitrogen and oxygen atoms in total. The first-order valence-electron chi connectivity index (χ1n) is 8.36. The highest BCUT2D eigenvalue weighted by atomic mass is 32.2. The van der Waals surface area contributed by atoms with Gasteiger partial charge in [0.15, 0.2) is 0 Å². The van der Waals surface area contributed by atoms with Crippen LogP contribution >= 0.6 is 0 Å². The molecule has 6 heteroatoms. The Hall–Kier alpha value is -1.40. The molecule has 1 aromatic carbocycles. The van der Waals surface area contributed by atoms with E-state index in [-0.39, 0.29) is 10.8 Å². The molecule has 1 aliphatic heterocycles. The van der Waals surface area contributed by atoms with Crippen molar-refractivity contribution in [3.8, 4) is 0 Å². The number of nitrogens with zero attached hydrogens (tertiary/aromatic N) is 1. The minimum Gasteiger partial charge on any atom is -0.339 e. The number of nitrogens with two attached hydrogens (primary N) is 1. The monoisotopic (exact) mass is 336 g/mol. The summed E-state index contributed by atoms with van der Waals surface area (Å²) in [6, 6.07) is 6.71. The Bertz CT molecular complexity index is 664. The van der Waals surface area contributed by atoms with Gasteiger partial charge in [0.25, 0.3) is 0 Å². The van der Waals surface area contributed by atoms with E-state index in [1.165, 1.54) is 37.8 Å². The molecule has 0 aromatic heterocycles. The smallest absolute Gasteiger partial charge is 0.238 e. The zero-order chi connectivity index (χ0) is 16.4. The van der Waals surface area contributed by atoms with E-state index in [4.69, 9.17) is 5.14 Å². The summed E-state index contributed by atoms with van der Waals surface area (Å²) in [5.74, 6) is 0.828. The van der Waals surface area contributed by atoms with Gasteiger partial charge in [0.2, 0.25) is 15.9 Å². The molecule has 1 aromatic rings. The van der Waals surface area contributed by atoms with Crippen LogP contribution in [0.15, 0.2) is 29.2 Å². The molecular weight excluding hydrogens is 312 g/mol. The van der Waals surface area contributed by atoms with Crippen molar-refractivity contribution in [3.63, 3.8) is 0 Å². The fraction of sp³-hybridized carbons (Fsp3) is 0.588. The number of rotatable bonds is 4. The number of primary sulfonamides is 1. The minimum atomic E-state index is -3.68. The fourth-order valence-corrected chi connectivity index (χ4v) is 4.52. The third-order valence-corrected chi connectivity index (χ3v) is 6.10. The van der Waals surface area contributed by atoms with Gasteiger partial charge in [-0.05, 0) is 49.3 Å². The van der Waals surface area contributed by atoms with Crippen molar-refractivity contribution in [2.45, 2.75) is 55.9 Å². The molecule has 1 amide bonds. The first kappa shape index (κ1) is 16.5. The molecule has 3 rings (SSSR count). The Labute approximate surface area is 137 Å². The first-order chi connectivity index (χ1) is 10.9. The Morgan fingerprint density at radius 1 is 1.09 bits per heavy atom. The van der Waals surface area contributed by atoms with Crippen LogP contribution in [0.25, 0.3) is 0 Å². The second kappa shape index (κ2) is 6.61. The van der Waals surface area contributed by atoms with Crippen molar-refractivity contribution in [1.82, 2.24) is 4.90 Å². The topological polar surface area (TPSA) is 80.5 Å². The SMILES string of the molecule is NS(=O)(=O)c1ccc(CC(=O)N2CCCC2C2CCCC2)cc1. The van der Waals surface area contributed by atoms with Gasteiger partial charge in [0.1, 0.15) is 0 Å². The van der Waals surface area contributed by atoms with Crippen molar-refractivity contribution >= 4 is 15.9 Å². The predicted molar refractivity (Wildman–Crippen MR) is 88.2 cm³/mol. The summed E-state index contributed by atoms with van der Waals surface area (Å²) in [5, 5.41) is 5.09. The number of hydrogen-bond acceptors (Lipinski definition) is 3. The quantitative estimate of drug-likeness (QED) is 0.914. The number of sulfonamides is 1. The maximum Gasteiger partial charge on any atom is 0.238 e. The molecule has 1 saturated heterocycles. The summed E-state index contributed by atoms with van der Waals surface area (Å²) in [6.45, 7) is 0.856. The molecule has 2 aliphatic rings. The lowest BCUT2D eigenvalue weighted by Crippen LogP contribution is -2.40. The second-order valence-electron chi connectivity index (χ2n) is 6.71. The molecule has 0 radical (unpaired) electrons. The van der Waals surface area contributed by atoms with Crippen LogP contribution in [0.1, 0.15) is 44.1 Å². The molecule has 2 fully saturated rings. The average Bonchev–Trinajstić information content (AvgIpc) is 3.17. The van der Waals surface area contributed by atoms with E-state index < -0.39 is 10.0 Å². The van der Waals surface area contributed by atoms with Crippen molar-refractivity contribution in [2.75, 3.05) is 6.54 Å². The highest BCUT2D eigenvalue weighted by Crippen LogP contribution is 2.35. The van der Waals surface area contributed by atoms with E-state index in [0.717, 1.165) is 24.9 Å². The van der Waals surface area contributed by atoms with E-state index in [1.54, 1.807) is 12.1 Å². The molecule has 1 atom stereocenters. The highest BCUT2D eigenvalue weighted by Gasteiger charge is 2.35. The van der Waals surface area contributed by atoms with Crippen molar-refractivity contribution < 1.29 is 13.2 Å². The predicted octanol–water partition coefficient (Wildman–Crippen LogP) is 2.06. The van der Waals surface area contributed by atoms with Crippen LogP contribution in [0.5, 0.6) is 0 Å². The van der Waals surface area contributed by atoms with Gasteiger partial charge in [-0.25, -0.2) is 13.6 Å². The Morgan fingerprint density at radius 3 is 2.35 bits per heavy atom. The normalized spacial score (nSPS) is 22.7. The third kappa shape index (κ3) is 3.75. The van der Waals surface area contributed by atoms with Crippen molar-refractivity contribution in [1.29, 1.82) is 0 Å². The molecule has 0 bridgehead atoms. The number of benzene rings is 1. The van der Waals surface area contributed by atoms with Gasteiger partial charge in [0, 0.05) is 12.6 Å². The van der Waals surface area contributed by atoms with Crippen LogP contribution in [0.2, 0.25) is 0 Å². The number of likely N-dealkylation sites (tertiary alicyclic amines) is 1. The van der Waals surface area contributed by atoms with Crippen LogP contribution in [0.4, 0.5) is 0 Å². The van der Waals surface area contributed by atoms with Crippen LogP contribution in [-0.2, 0) is 21.2 Å². The summed E-state index contributed by atoms with van der Waals surface area (Å²) in [4.78, 5) is 14.8. The van der Waals surface area contributed by atoms with Crippen LogP contribution in [0, 0.1) is 5.92 Å². The Kier molecular flexibility index (Phi) is 4.73. The lowest BCUT2D eigenvalue weighted by atomic mass is 9.95. The van der Waals surface area contributed by atoms with E-state index in [2.05, 4.69) is 4.90 Å². The van der Waals surface area contributed by atoms with Crippen LogP contribution in [0.3, 0.4) is 0 Å². The highest BCUT2D eigenvalue weighted by molar-refractivity contribution is 7.89. The molecular formula is C17H24N2O3S. The molecule has 126 valence electrons. The largest absolute Gasteiger partial charge is 0.339 e. The van der Waals surface area contributed by atoms with E-state index in [9.17, 15) is 13.2 Å². The number of hydrogen-bond donors (Lipinski definition) is 1. The average molecular weight is 336 g/mol. The third-order valence-electron chi connectivity index (χ3n) is 5.17. The van der Waals surface area contributed by atoms with E-state index in [1.807, 2.05) is 0 Å². The van der Waals surface area contributed by atoms with Gasteiger partial charge >= 0.3 is 0 Å². The Morgan fingerprint density at radius 2 is 1.74 bits per heavy atom. The Balaban J connectivity index is 1.66. The molecule has 1 aliphatic carbocycles. The maximum atomic E-state index is 12.6. The second-order valence-corrected chi connectivity index (χ2v) is 8.27. The molecule has 1 saturated carbocycles. The summed E-state index contributed by atoms with van der Waals surface area (Å²) in [7, 11) is -3.68. The lowest BCUT2D eigenvalue weighted by Gasteiger charge is -2.29. The molecule has 1 unspecified atom stereocenters. The van der Waals surface area contributed by atoms with Gasteiger partial charge in [0.05, 0.1) is 11.3 Å². The molecule has 0 spiro atoms. The van der Waals surface area contributed by atoms with Gasteiger partial charge in [-0.1, -0.05) is 25.0 Å². The van der Waals surface area contributed by atoms with Crippen LogP contribution < -0.4 is 5.14 Å². The van der Waals surface area contributed by atoms with Gasteiger partial charge in [-0.15, -0.1) is 0 Å². The minimum absolute atomic E-state index is 0.0821. The number of carbonyl (C=O) groups is 1. The summed E-state index contributed by atoms with van der Waals surface area (Å²) < 4.78 is 22.5. The van der Waals surface area contributed by atoms with Crippen molar-refractivity contribution in [3.05, 3.63) is 29.8 Å². The first-order valence-corrected chi connectivity index (χ1v) is 9.91. The molecule has 1 heterocycles. The molecule has 2 N–H and O–H groups in total.